The van der Waals surface area contributed by atoms with Crippen LogP contribution in [0.2, 0.25) is 0 Å². The number of aromatic nitrogens is 2. The number of hydrogen-bond acceptors (Lipinski definition) is 4. The van der Waals surface area contributed by atoms with Gasteiger partial charge in [-0.3, -0.25) is 0 Å². The Balaban J connectivity index is 1.79. The molecule has 0 saturated carbocycles. The van der Waals surface area contributed by atoms with Gasteiger partial charge in [0.05, 0.1) is 12.6 Å². The number of anilines is 1. The molecule has 5 nitrogen and oxygen atoms in total. The second-order valence-electron chi connectivity index (χ2n) is 4.51. The van der Waals surface area contributed by atoms with E-state index in [1.807, 2.05) is 19.3 Å². The molecule has 5 heteroatoms. The third kappa shape index (κ3) is 3.71. The first-order valence-electron chi connectivity index (χ1n) is 6.84. The first-order chi connectivity index (χ1) is 8.92. The van der Waals surface area contributed by atoms with Crippen molar-refractivity contribution in [2.75, 3.05) is 38.3 Å². The van der Waals surface area contributed by atoms with E-state index < -0.39 is 0 Å². The van der Waals surface area contributed by atoms with E-state index in [1.165, 1.54) is 6.42 Å². The summed E-state index contributed by atoms with van der Waals surface area (Å²) in [6, 6.07) is 0.427. The lowest BCUT2D eigenvalue weighted by Gasteiger charge is -2.25. The molecule has 0 radical (unpaired) electrons. The van der Waals surface area contributed by atoms with Gasteiger partial charge in [0.1, 0.15) is 0 Å². The van der Waals surface area contributed by atoms with Gasteiger partial charge in [0.2, 0.25) is 5.95 Å². The van der Waals surface area contributed by atoms with Crippen molar-refractivity contribution >= 4 is 5.95 Å². The third-order valence-electron chi connectivity index (χ3n) is 3.15. The van der Waals surface area contributed by atoms with Crippen molar-refractivity contribution in [3.05, 3.63) is 12.4 Å². The van der Waals surface area contributed by atoms with E-state index in [1.54, 1.807) is 0 Å². The maximum absolute atomic E-state index is 5.52. The van der Waals surface area contributed by atoms with Gasteiger partial charge in [-0.2, -0.15) is 0 Å². The van der Waals surface area contributed by atoms with Crippen LogP contribution in [0.4, 0.5) is 5.95 Å². The maximum atomic E-state index is 5.52. The molecule has 0 spiro atoms. The van der Waals surface area contributed by atoms with Crippen LogP contribution in [0.3, 0.4) is 0 Å². The van der Waals surface area contributed by atoms with E-state index in [0.29, 0.717) is 6.04 Å². The summed E-state index contributed by atoms with van der Waals surface area (Å²) >= 11 is 0. The molecule has 1 saturated heterocycles. The highest BCUT2D eigenvalue weighted by Crippen LogP contribution is 2.22. The lowest BCUT2D eigenvalue weighted by atomic mass is 10.1. The molecule has 1 aliphatic rings. The van der Waals surface area contributed by atoms with Gasteiger partial charge in [-0.05, 0) is 26.2 Å². The van der Waals surface area contributed by atoms with Crippen LogP contribution in [0.1, 0.15) is 32.2 Å². The highest BCUT2D eigenvalue weighted by Gasteiger charge is 2.17. The summed E-state index contributed by atoms with van der Waals surface area (Å²) in [6.07, 6.45) is 7.18. The molecule has 0 amide bonds. The standard InChI is InChI=1S/C13H23N3O2/c1-2-17-10-4-6-14-13-15-7-8-16(13)12-5-3-9-18-11-12/h7-8,12H,2-6,9-11H2,1H3,(H,14,15). The van der Waals surface area contributed by atoms with Crippen molar-refractivity contribution in [2.45, 2.75) is 32.2 Å². The molecule has 1 N–H and O–H groups in total. The molecule has 1 fully saturated rings. The fourth-order valence-electron chi connectivity index (χ4n) is 2.21. The van der Waals surface area contributed by atoms with Gasteiger partial charge in [0, 0.05) is 38.8 Å². The van der Waals surface area contributed by atoms with Crippen molar-refractivity contribution in [2.24, 2.45) is 0 Å². The molecule has 0 aromatic carbocycles. The van der Waals surface area contributed by atoms with E-state index in [0.717, 1.165) is 51.8 Å². The zero-order valence-electron chi connectivity index (χ0n) is 11.1. The summed E-state index contributed by atoms with van der Waals surface area (Å²) < 4.78 is 13.0. The average Bonchev–Trinajstić information content (AvgIpc) is 2.88. The zero-order valence-corrected chi connectivity index (χ0v) is 11.1. The van der Waals surface area contributed by atoms with Crippen LogP contribution in [0.5, 0.6) is 0 Å². The van der Waals surface area contributed by atoms with Crippen LogP contribution in [0.25, 0.3) is 0 Å². The van der Waals surface area contributed by atoms with E-state index in [2.05, 4.69) is 14.9 Å². The Labute approximate surface area is 108 Å². The van der Waals surface area contributed by atoms with Crippen molar-refractivity contribution in [3.8, 4) is 0 Å². The van der Waals surface area contributed by atoms with E-state index in [-0.39, 0.29) is 0 Å². The van der Waals surface area contributed by atoms with Crippen LogP contribution in [-0.4, -0.2) is 42.5 Å². The van der Waals surface area contributed by atoms with Gasteiger partial charge in [-0.15, -0.1) is 0 Å². The van der Waals surface area contributed by atoms with E-state index in [9.17, 15) is 0 Å². The Hall–Kier alpha value is -1.07. The summed E-state index contributed by atoms with van der Waals surface area (Å²) in [5, 5.41) is 3.37. The fraction of sp³-hybridized carbons (Fsp3) is 0.769. The molecule has 18 heavy (non-hydrogen) atoms. The number of ether oxygens (including phenoxy) is 2. The second kappa shape index (κ2) is 7.38. The summed E-state index contributed by atoms with van der Waals surface area (Å²) in [6.45, 7) is 6.19. The topological polar surface area (TPSA) is 48.3 Å². The van der Waals surface area contributed by atoms with Crippen molar-refractivity contribution in [3.63, 3.8) is 0 Å². The van der Waals surface area contributed by atoms with Gasteiger partial charge in [0.25, 0.3) is 0 Å². The van der Waals surface area contributed by atoms with Crippen LogP contribution in [0.15, 0.2) is 12.4 Å². The molecule has 1 unspecified atom stereocenters. The zero-order chi connectivity index (χ0) is 12.6. The van der Waals surface area contributed by atoms with Crippen LogP contribution < -0.4 is 5.32 Å². The lowest BCUT2D eigenvalue weighted by molar-refractivity contribution is 0.0598. The molecular weight excluding hydrogens is 230 g/mol. The number of hydrogen-bond donors (Lipinski definition) is 1. The lowest BCUT2D eigenvalue weighted by Crippen LogP contribution is -2.22. The van der Waals surface area contributed by atoms with Crippen LogP contribution >= 0.6 is 0 Å². The smallest absolute Gasteiger partial charge is 0.203 e. The van der Waals surface area contributed by atoms with Gasteiger partial charge >= 0.3 is 0 Å². The van der Waals surface area contributed by atoms with Crippen molar-refractivity contribution in [1.82, 2.24) is 9.55 Å². The molecular formula is C13H23N3O2. The first-order valence-corrected chi connectivity index (χ1v) is 6.84. The summed E-state index contributed by atoms with van der Waals surface area (Å²) in [7, 11) is 0. The number of nitrogens with zero attached hydrogens (tertiary/aromatic N) is 2. The first kappa shape index (κ1) is 13.4. The van der Waals surface area contributed by atoms with Crippen molar-refractivity contribution < 1.29 is 9.47 Å². The molecule has 1 atom stereocenters. The predicted octanol–water partition coefficient (Wildman–Crippen LogP) is 2.07. The molecule has 2 rings (SSSR count). The predicted molar refractivity (Wildman–Crippen MR) is 70.9 cm³/mol. The second-order valence-corrected chi connectivity index (χ2v) is 4.51. The number of imidazole rings is 1. The quantitative estimate of drug-likeness (QED) is 0.756. The minimum atomic E-state index is 0.427. The average molecular weight is 253 g/mol. The molecule has 1 aromatic rings. The fourth-order valence-corrected chi connectivity index (χ4v) is 2.21. The molecule has 1 aromatic heterocycles. The van der Waals surface area contributed by atoms with Crippen molar-refractivity contribution in [1.29, 1.82) is 0 Å². The molecule has 102 valence electrons. The minimum absolute atomic E-state index is 0.427. The van der Waals surface area contributed by atoms with Gasteiger partial charge in [0.15, 0.2) is 0 Å². The van der Waals surface area contributed by atoms with Crippen LogP contribution in [0, 0.1) is 0 Å². The molecule has 2 heterocycles. The normalized spacial score (nSPS) is 19.9. The molecule has 0 bridgehead atoms. The van der Waals surface area contributed by atoms with Crippen LogP contribution in [-0.2, 0) is 9.47 Å². The number of nitrogens with one attached hydrogen (secondary N) is 1. The molecule has 0 aliphatic carbocycles. The SMILES string of the molecule is CCOCCCNc1nccn1C1CCCOC1. The highest BCUT2D eigenvalue weighted by molar-refractivity contribution is 5.26. The summed E-state index contributed by atoms with van der Waals surface area (Å²) in [5.41, 5.74) is 0. The monoisotopic (exact) mass is 253 g/mol. The Bertz CT molecular complexity index is 335. The summed E-state index contributed by atoms with van der Waals surface area (Å²) in [5.74, 6) is 0.946. The van der Waals surface area contributed by atoms with Gasteiger partial charge in [-0.1, -0.05) is 0 Å². The van der Waals surface area contributed by atoms with Gasteiger partial charge < -0.3 is 19.4 Å². The highest BCUT2D eigenvalue weighted by atomic mass is 16.5. The third-order valence-corrected chi connectivity index (χ3v) is 3.15. The Kier molecular flexibility index (Phi) is 5.48. The maximum Gasteiger partial charge on any atom is 0.203 e. The van der Waals surface area contributed by atoms with E-state index in [4.69, 9.17) is 9.47 Å². The Morgan fingerprint density at radius 2 is 2.56 bits per heavy atom. The van der Waals surface area contributed by atoms with E-state index >= 15 is 0 Å². The Morgan fingerprint density at radius 3 is 3.33 bits per heavy atom. The molecule has 1 aliphatic heterocycles. The van der Waals surface area contributed by atoms with Gasteiger partial charge in [-0.25, -0.2) is 4.98 Å². The Morgan fingerprint density at radius 1 is 1.61 bits per heavy atom. The minimum Gasteiger partial charge on any atom is -0.382 e. The largest absolute Gasteiger partial charge is 0.382 e. The number of rotatable bonds is 7. The summed E-state index contributed by atoms with van der Waals surface area (Å²) in [4.78, 5) is 4.36.